The van der Waals surface area contributed by atoms with Gasteiger partial charge in [0.15, 0.2) is 5.11 Å². The molecule has 1 amide bonds. The highest BCUT2D eigenvalue weighted by molar-refractivity contribution is 7.80. The number of rotatable bonds is 8. The number of thiocarbonyl (C=S) groups is 1. The lowest BCUT2D eigenvalue weighted by Crippen LogP contribution is -2.49. The smallest absolute Gasteiger partial charge is 0.241 e. The summed E-state index contributed by atoms with van der Waals surface area (Å²) in [4.78, 5) is 20.7. The largest absolute Gasteiger partial charge is 0.379 e. The van der Waals surface area contributed by atoms with Crippen LogP contribution in [0.25, 0.3) is 0 Å². The van der Waals surface area contributed by atoms with E-state index in [2.05, 4.69) is 46.5 Å². The third-order valence-corrected chi connectivity index (χ3v) is 7.10. The first-order valence-electron chi connectivity index (χ1n) is 11.1. The number of likely N-dealkylation sites (tertiary alicyclic amines) is 1. The van der Waals surface area contributed by atoms with Crippen molar-refractivity contribution in [3.8, 4) is 0 Å². The average Bonchev–Trinajstić information content (AvgIpc) is 3.24. The molecular formula is C22H36N4O2S2. The van der Waals surface area contributed by atoms with E-state index in [9.17, 15) is 4.79 Å². The quantitative estimate of drug-likeness (QED) is 0.612. The molecule has 2 aliphatic heterocycles. The molecule has 6 nitrogen and oxygen atoms in total. The number of carbonyl (C=O) groups is 1. The Balaban J connectivity index is 1.48. The lowest BCUT2D eigenvalue weighted by atomic mass is 9.92. The molecule has 3 rings (SSSR count). The highest BCUT2D eigenvalue weighted by Gasteiger charge is 2.25. The van der Waals surface area contributed by atoms with Gasteiger partial charge < -0.3 is 19.9 Å². The molecule has 0 radical (unpaired) electrons. The summed E-state index contributed by atoms with van der Waals surface area (Å²) < 4.78 is 5.44. The standard InChI is InChI=1S/C22H36N4O2S2/c1-18-13-19(2)16-26(15-18)21(27)14-23-22(29)25(17-20-5-3-12-30-20)7-4-6-24-8-10-28-11-9-24/h3,5,12,18-19H,4,6-11,13-17H2,1-2H3,(H,23,29)/t18-,19+. The Hall–Kier alpha value is -1.22. The topological polar surface area (TPSA) is 48.1 Å². The van der Waals surface area contributed by atoms with Gasteiger partial charge in [-0.1, -0.05) is 19.9 Å². The number of hydrogen-bond donors (Lipinski definition) is 1. The van der Waals surface area contributed by atoms with Crippen LogP contribution in [0.2, 0.25) is 0 Å². The summed E-state index contributed by atoms with van der Waals surface area (Å²) in [6.45, 7) is 12.8. The van der Waals surface area contributed by atoms with Gasteiger partial charge in [0, 0.05) is 44.1 Å². The molecular weight excluding hydrogens is 416 g/mol. The number of thiophene rings is 1. The van der Waals surface area contributed by atoms with Gasteiger partial charge in [-0.3, -0.25) is 9.69 Å². The molecule has 1 aromatic rings. The minimum absolute atomic E-state index is 0.153. The maximum Gasteiger partial charge on any atom is 0.241 e. The summed E-state index contributed by atoms with van der Waals surface area (Å²) in [5.41, 5.74) is 0. The third kappa shape index (κ3) is 7.48. The summed E-state index contributed by atoms with van der Waals surface area (Å²) in [6, 6.07) is 4.22. The van der Waals surface area contributed by atoms with Crippen LogP contribution in [-0.2, 0) is 16.1 Å². The van der Waals surface area contributed by atoms with Gasteiger partial charge >= 0.3 is 0 Å². The van der Waals surface area contributed by atoms with Gasteiger partial charge in [-0.2, -0.15) is 0 Å². The normalized spacial score (nSPS) is 22.7. The zero-order valence-electron chi connectivity index (χ0n) is 18.3. The predicted molar refractivity (Wildman–Crippen MR) is 127 cm³/mol. The van der Waals surface area contributed by atoms with Crippen molar-refractivity contribution in [2.45, 2.75) is 33.2 Å². The Morgan fingerprint density at radius 3 is 2.70 bits per heavy atom. The van der Waals surface area contributed by atoms with Crippen molar-refractivity contribution in [2.24, 2.45) is 11.8 Å². The molecule has 2 saturated heterocycles. The van der Waals surface area contributed by atoms with Gasteiger partial charge in [0.2, 0.25) is 5.91 Å². The molecule has 2 aliphatic rings. The van der Waals surface area contributed by atoms with Gasteiger partial charge in [0.1, 0.15) is 0 Å². The van der Waals surface area contributed by atoms with Crippen LogP contribution in [0.1, 0.15) is 31.6 Å². The Bertz CT molecular complexity index is 654. The highest BCUT2D eigenvalue weighted by Crippen LogP contribution is 2.20. The van der Waals surface area contributed by atoms with Crippen LogP contribution in [0.5, 0.6) is 0 Å². The number of hydrogen-bond acceptors (Lipinski definition) is 5. The second-order valence-corrected chi connectivity index (χ2v) is 10.1. The second-order valence-electron chi connectivity index (χ2n) is 8.71. The number of piperidine rings is 1. The second kappa shape index (κ2) is 12.0. The number of nitrogens with one attached hydrogen (secondary N) is 1. The van der Waals surface area contributed by atoms with E-state index < -0.39 is 0 Å². The first-order valence-corrected chi connectivity index (χ1v) is 12.4. The lowest BCUT2D eigenvalue weighted by molar-refractivity contribution is -0.132. The minimum Gasteiger partial charge on any atom is -0.379 e. The molecule has 1 aromatic heterocycles. The molecule has 0 aromatic carbocycles. The highest BCUT2D eigenvalue weighted by atomic mass is 32.1. The van der Waals surface area contributed by atoms with Crippen LogP contribution in [0.15, 0.2) is 17.5 Å². The van der Waals surface area contributed by atoms with Crippen molar-refractivity contribution < 1.29 is 9.53 Å². The average molecular weight is 453 g/mol. The Morgan fingerprint density at radius 1 is 1.30 bits per heavy atom. The molecule has 0 bridgehead atoms. The summed E-state index contributed by atoms with van der Waals surface area (Å²) >= 11 is 7.45. The summed E-state index contributed by atoms with van der Waals surface area (Å²) in [7, 11) is 0. The SMILES string of the molecule is C[C@@H]1C[C@H](C)CN(C(=O)CNC(=S)N(CCCN2CCOCC2)Cc2cccs2)C1. The van der Waals surface area contributed by atoms with Crippen molar-refractivity contribution in [1.82, 2.24) is 20.0 Å². The fourth-order valence-corrected chi connectivity index (χ4v) is 5.34. The molecule has 0 aliphatic carbocycles. The summed E-state index contributed by atoms with van der Waals surface area (Å²) in [6.07, 6.45) is 2.25. The fraction of sp³-hybridized carbons (Fsp3) is 0.727. The Labute approximate surface area is 190 Å². The fourth-order valence-electron chi connectivity index (χ4n) is 4.39. The van der Waals surface area contributed by atoms with E-state index in [1.165, 1.54) is 11.3 Å². The van der Waals surface area contributed by atoms with Gasteiger partial charge in [-0.05, 0) is 48.3 Å². The molecule has 3 heterocycles. The van der Waals surface area contributed by atoms with E-state index in [1.807, 2.05) is 4.90 Å². The van der Waals surface area contributed by atoms with E-state index in [-0.39, 0.29) is 12.5 Å². The summed E-state index contributed by atoms with van der Waals surface area (Å²) in [5.74, 6) is 1.29. The molecule has 30 heavy (non-hydrogen) atoms. The van der Waals surface area contributed by atoms with E-state index in [0.717, 1.165) is 65.4 Å². The maximum atomic E-state index is 12.7. The molecule has 168 valence electrons. The molecule has 0 saturated carbocycles. The predicted octanol–water partition coefficient (Wildman–Crippen LogP) is 2.65. The monoisotopic (exact) mass is 452 g/mol. The minimum atomic E-state index is 0.153. The maximum absolute atomic E-state index is 12.7. The molecule has 0 unspecified atom stereocenters. The zero-order valence-corrected chi connectivity index (χ0v) is 20.0. The molecule has 0 spiro atoms. The molecule has 8 heteroatoms. The zero-order chi connectivity index (χ0) is 21.3. The first-order chi connectivity index (χ1) is 14.5. The van der Waals surface area contributed by atoms with E-state index in [4.69, 9.17) is 17.0 Å². The molecule has 2 fully saturated rings. The summed E-state index contributed by atoms with van der Waals surface area (Å²) in [5, 5.41) is 6.02. The van der Waals surface area contributed by atoms with Gasteiger partial charge in [0.05, 0.1) is 26.3 Å². The van der Waals surface area contributed by atoms with Gasteiger partial charge in [-0.25, -0.2) is 0 Å². The van der Waals surface area contributed by atoms with Crippen molar-refractivity contribution >= 4 is 34.6 Å². The van der Waals surface area contributed by atoms with Crippen molar-refractivity contribution in [1.29, 1.82) is 0 Å². The number of morpholine rings is 1. The van der Waals surface area contributed by atoms with Crippen LogP contribution < -0.4 is 5.32 Å². The number of amides is 1. The van der Waals surface area contributed by atoms with Crippen LogP contribution in [-0.4, -0.2) is 84.7 Å². The Kier molecular flexibility index (Phi) is 9.36. The van der Waals surface area contributed by atoms with Crippen molar-refractivity contribution in [3.05, 3.63) is 22.4 Å². The molecule has 2 atom stereocenters. The van der Waals surface area contributed by atoms with Crippen LogP contribution >= 0.6 is 23.6 Å². The van der Waals surface area contributed by atoms with Gasteiger partial charge in [-0.15, -0.1) is 11.3 Å². The first kappa shape index (κ1) is 23.4. The van der Waals surface area contributed by atoms with Crippen LogP contribution in [0.4, 0.5) is 0 Å². The van der Waals surface area contributed by atoms with E-state index in [0.29, 0.717) is 16.9 Å². The van der Waals surface area contributed by atoms with Crippen molar-refractivity contribution in [2.75, 3.05) is 59.0 Å². The number of carbonyl (C=O) groups excluding carboxylic acids is 1. The lowest BCUT2D eigenvalue weighted by Gasteiger charge is -2.35. The van der Waals surface area contributed by atoms with E-state index >= 15 is 0 Å². The third-order valence-electron chi connectivity index (χ3n) is 5.83. The van der Waals surface area contributed by atoms with E-state index in [1.54, 1.807) is 11.3 Å². The number of nitrogens with zero attached hydrogens (tertiary/aromatic N) is 3. The van der Waals surface area contributed by atoms with Gasteiger partial charge in [0.25, 0.3) is 0 Å². The van der Waals surface area contributed by atoms with Crippen LogP contribution in [0, 0.1) is 11.8 Å². The molecule has 1 N–H and O–H groups in total. The number of ether oxygens (including phenoxy) is 1. The Morgan fingerprint density at radius 2 is 2.03 bits per heavy atom. The van der Waals surface area contributed by atoms with Crippen molar-refractivity contribution in [3.63, 3.8) is 0 Å². The van der Waals surface area contributed by atoms with Crippen LogP contribution in [0.3, 0.4) is 0 Å².